The third kappa shape index (κ3) is 15.0. The van der Waals surface area contributed by atoms with Crippen LogP contribution >= 0.6 is 97.4 Å². The molecule has 1 fully saturated rings. The van der Waals surface area contributed by atoms with Crippen molar-refractivity contribution < 1.29 is 28.0 Å². The van der Waals surface area contributed by atoms with Crippen LogP contribution < -0.4 is 11.1 Å². The molecule has 11 rings (SSSR count). The van der Waals surface area contributed by atoms with Gasteiger partial charge in [-0.25, -0.2) is 8.78 Å². The number of para-hydroxylation sites is 1. The molecule has 0 radical (unpaired) electrons. The lowest BCUT2D eigenvalue weighted by atomic mass is 10.1. The van der Waals surface area contributed by atoms with Gasteiger partial charge in [-0.2, -0.15) is 18.6 Å². The number of nitrogens with one attached hydrogen (secondary N) is 1. The zero-order valence-electron chi connectivity index (χ0n) is 35.8. The number of hydrogen-bond donors (Lipinski definition) is 2. The molecule has 71 heavy (non-hydrogen) atoms. The van der Waals surface area contributed by atoms with E-state index in [2.05, 4.69) is 132 Å². The Morgan fingerprint density at radius 1 is 0.901 bits per heavy atom. The number of nitrogens with two attached hydrogens (primary N) is 1. The van der Waals surface area contributed by atoms with Gasteiger partial charge in [0, 0.05) is 86.6 Å². The number of aldehydes is 1. The summed E-state index contributed by atoms with van der Waals surface area (Å²) >= 11 is 27.5. The van der Waals surface area contributed by atoms with Gasteiger partial charge in [-0.1, -0.05) is 31.7 Å². The molecule has 372 valence electrons. The lowest BCUT2D eigenvalue weighted by molar-refractivity contribution is -0.137. The Kier molecular flexibility index (Phi) is 24.7. The number of primary amides is 1. The minimum Gasteiger partial charge on any atom is -0.364 e. The first-order chi connectivity index (χ1) is 33.4. The van der Waals surface area contributed by atoms with Crippen LogP contribution in [-0.4, -0.2) is 73.1 Å². The predicted molar refractivity (Wildman–Crippen MR) is 317 cm³/mol. The van der Waals surface area contributed by atoms with Crippen molar-refractivity contribution in [2.45, 2.75) is 52.2 Å². The minimum absolute atomic E-state index is 0. The largest absolute Gasteiger partial charge is 0.364 e. The van der Waals surface area contributed by atoms with Crippen LogP contribution in [0.2, 0.25) is 0 Å². The molecule has 0 bridgehead atoms. The van der Waals surface area contributed by atoms with Crippen molar-refractivity contribution in [3.05, 3.63) is 146 Å². The van der Waals surface area contributed by atoms with Crippen LogP contribution in [-0.2, 0) is 89.4 Å². The molecule has 4 aliphatic heterocycles. The fourth-order valence-electron chi connectivity index (χ4n) is 7.17. The average Bonchev–Trinajstić information content (AvgIpc) is 4.19. The highest BCUT2D eigenvalue weighted by molar-refractivity contribution is 14.1. The summed E-state index contributed by atoms with van der Waals surface area (Å²) in [6, 6.07) is 18.3. The SMILES string of the molecule is C.C1=NCc2ccsc21.IC1=NCc2ccsc21.NC(=O)c1nn(CC(=O)N2C[C@H](F)C[C@H]2C(=O)Nc2cccc(C3=NCc4ccsc43)c2F)c2ccccc12.O=Cc1sccc1Br.S.S=S.S=S=S. The topological polar surface area (TPSA) is 164 Å². The fourth-order valence-corrected chi connectivity index (χ4v) is 11.9. The Labute approximate surface area is 475 Å². The third-order valence-electron chi connectivity index (χ3n) is 10.3. The summed E-state index contributed by atoms with van der Waals surface area (Å²) in [6.45, 7) is 1.64. The summed E-state index contributed by atoms with van der Waals surface area (Å²) in [4.78, 5) is 66.7. The maximum atomic E-state index is 15.5. The number of carbonyl (C=O) groups is 4. The Morgan fingerprint density at radius 3 is 2.20 bits per heavy atom. The second-order valence-corrected chi connectivity index (χ2v) is 21.7. The first kappa shape index (κ1) is 59.9. The van der Waals surface area contributed by atoms with Gasteiger partial charge in [0.2, 0.25) is 11.8 Å². The maximum absolute atomic E-state index is 15.5. The molecule has 2 aromatic carbocycles. The highest BCUT2D eigenvalue weighted by Gasteiger charge is 2.40. The van der Waals surface area contributed by atoms with Crippen molar-refractivity contribution in [2.24, 2.45) is 20.7 Å². The van der Waals surface area contributed by atoms with E-state index in [-0.39, 0.29) is 57.4 Å². The smallest absolute Gasteiger partial charge is 0.269 e. The number of aliphatic imine (C=N–C) groups is 3. The van der Waals surface area contributed by atoms with Crippen molar-refractivity contribution in [1.29, 1.82) is 0 Å². The lowest BCUT2D eigenvalue weighted by Crippen LogP contribution is -2.44. The Bertz CT molecular complexity index is 3120. The molecular weight excluding hydrogens is 1280 g/mol. The van der Waals surface area contributed by atoms with E-state index in [0.29, 0.717) is 23.2 Å². The molecule has 0 spiro atoms. The van der Waals surface area contributed by atoms with E-state index in [1.807, 2.05) is 29.1 Å². The first-order valence-electron chi connectivity index (χ1n) is 19.9. The monoisotopic (exact) mass is 1320 g/mol. The molecule has 5 aromatic heterocycles. The molecular formula is C45H40BrF2IN8O4S10. The number of likely N-dealkylation sites (tertiary alicyclic amines) is 1. The Morgan fingerprint density at radius 2 is 1.55 bits per heavy atom. The molecule has 2 atom stereocenters. The maximum Gasteiger partial charge on any atom is 0.269 e. The van der Waals surface area contributed by atoms with Crippen LogP contribution in [0.5, 0.6) is 0 Å². The number of nitrogens with zero attached hydrogens (tertiary/aromatic N) is 6. The van der Waals surface area contributed by atoms with Gasteiger partial charge in [-0.05, 0) is 119 Å². The standard InChI is InChI=1S/C27H22F2N6O3S.C6H4INS.C6H5NS.C5H3BrOS.CH4.S3.S2.H2S/c28-15-10-20(34(12-15)21(36)13-35-19-7-2-1-4-16(19)24(33-35)26(30)37)27(38)32-18-6-3-5-17(22(18)29)23-25-14(11-31-23)8-9-39-25;7-6-5-4(3-8-6)1-2-9-5;1-2-8-6-4-7-3-5(1)6;6-4-1-2-8-5(4)3-7;;1-3-2;1-2;/h1-9,15,20H,10-13H2,(H2,30,37)(H,32,38);1-2H,3H2;1-2,4H,3H2;1-3H;1H4;;;1H2/t15-,20+;;;;;;;/m1......./s1. The van der Waals surface area contributed by atoms with Gasteiger partial charge in [0.05, 0.1) is 57.7 Å². The summed E-state index contributed by atoms with van der Waals surface area (Å²) in [5, 5.41) is 15.2. The Hall–Kier alpha value is -3.68. The minimum atomic E-state index is -1.43. The number of aromatic nitrogens is 2. The van der Waals surface area contributed by atoms with Crippen LogP contribution in [0.4, 0.5) is 14.5 Å². The number of benzene rings is 2. The highest BCUT2D eigenvalue weighted by Crippen LogP contribution is 2.32. The molecule has 3 amide bonds. The number of carbonyl (C=O) groups excluding carboxylic acids is 4. The van der Waals surface area contributed by atoms with E-state index < -0.39 is 35.8 Å². The van der Waals surface area contributed by atoms with Crippen LogP contribution in [0.1, 0.15) is 70.9 Å². The number of anilines is 1. The van der Waals surface area contributed by atoms with Gasteiger partial charge in [0.25, 0.3) is 5.91 Å². The van der Waals surface area contributed by atoms with Crippen molar-refractivity contribution in [1.82, 2.24) is 14.7 Å². The molecule has 4 aliphatic rings. The molecule has 7 aromatic rings. The predicted octanol–water partition coefficient (Wildman–Crippen LogP) is 10.4. The van der Waals surface area contributed by atoms with Gasteiger partial charge in [0.1, 0.15) is 22.5 Å². The van der Waals surface area contributed by atoms with E-state index in [9.17, 15) is 23.6 Å². The molecule has 0 saturated carbocycles. The van der Waals surface area contributed by atoms with Crippen molar-refractivity contribution in [3.8, 4) is 0 Å². The van der Waals surface area contributed by atoms with Gasteiger partial charge in [-0.3, -0.25) is 38.8 Å². The summed E-state index contributed by atoms with van der Waals surface area (Å²) < 4.78 is 33.4. The summed E-state index contributed by atoms with van der Waals surface area (Å²) in [5.74, 6) is -2.67. The quantitative estimate of drug-likeness (QED) is 0.117. The van der Waals surface area contributed by atoms with Gasteiger partial charge in [0.15, 0.2) is 17.8 Å². The number of hydrogen-bond acceptors (Lipinski definition) is 16. The number of rotatable bonds is 7. The number of alkyl halides is 1. The number of thiophene rings is 4. The second-order valence-electron chi connectivity index (χ2n) is 14.4. The van der Waals surface area contributed by atoms with Gasteiger partial charge in [-0.15, -0.1) is 45.3 Å². The third-order valence-corrected chi connectivity index (χ3v) is 16.1. The number of fused-ring (bicyclic) bond motifs is 4. The Balaban J connectivity index is 0.000000274. The fraction of sp³-hybridized carbons (Fsp3) is 0.200. The van der Waals surface area contributed by atoms with E-state index in [0.717, 1.165) is 52.9 Å². The van der Waals surface area contributed by atoms with Crippen molar-refractivity contribution in [3.63, 3.8) is 0 Å². The molecule has 3 N–H and O–H groups in total. The van der Waals surface area contributed by atoms with Crippen LogP contribution in [0, 0.1) is 5.82 Å². The average molecular weight is 1320 g/mol. The zero-order chi connectivity index (χ0) is 49.6. The normalized spacial score (nSPS) is 14.9. The van der Waals surface area contributed by atoms with E-state index >= 15 is 4.39 Å². The molecule has 12 nitrogen and oxygen atoms in total. The molecule has 1 saturated heterocycles. The summed E-state index contributed by atoms with van der Waals surface area (Å²) in [5.41, 5.74) is 10.4. The van der Waals surface area contributed by atoms with E-state index in [4.69, 9.17) is 5.73 Å². The first-order valence-corrected chi connectivity index (χ1v) is 29.3. The number of amides is 3. The van der Waals surface area contributed by atoms with E-state index in [1.165, 1.54) is 58.0 Å². The van der Waals surface area contributed by atoms with Crippen LogP contribution in [0.3, 0.4) is 0 Å². The lowest BCUT2D eigenvalue weighted by Gasteiger charge is -2.24. The molecule has 0 aliphatic carbocycles. The highest BCUT2D eigenvalue weighted by atomic mass is 127. The van der Waals surface area contributed by atoms with E-state index in [1.54, 1.807) is 59.1 Å². The second kappa shape index (κ2) is 29.3. The number of halogens is 4. The molecule has 26 heteroatoms. The van der Waals surface area contributed by atoms with Gasteiger partial charge >= 0.3 is 0 Å². The van der Waals surface area contributed by atoms with Crippen molar-refractivity contribution >= 4 is 207 Å². The summed E-state index contributed by atoms with van der Waals surface area (Å²) in [7, 11) is 0.917. The van der Waals surface area contributed by atoms with Crippen molar-refractivity contribution in [2.75, 3.05) is 11.9 Å². The summed E-state index contributed by atoms with van der Waals surface area (Å²) in [6.07, 6.45) is 1.13. The molecule has 9 heterocycles. The van der Waals surface area contributed by atoms with Crippen LogP contribution in [0.25, 0.3) is 10.9 Å². The zero-order valence-corrected chi connectivity index (χ0v) is 47.9. The van der Waals surface area contributed by atoms with Gasteiger partial charge < -0.3 is 16.0 Å². The molecule has 0 unspecified atom stereocenters. The van der Waals surface area contributed by atoms with Crippen LogP contribution in [0.15, 0.2) is 108 Å².